The summed E-state index contributed by atoms with van der Waals surface area (Å²) in [6.07, 6.45) is -9.10. The van der Waals surface area contributed by atoms with Crippen molar-refractivity contribution >= 4 is 11.6 Å². The smallest absolute Gasteiger partial charge is 0.508 e. The Labute approximate surface area is 181 Å². The van der Waals surface area contributed by atoms with Gasteiger partial charge in [0, 0.05) is 5.56 Å². The van der Waals surface area contributed by atoms with Crippen LogP contribution in [0.2, 0.25) is 0 Å². The van der Waals surface area contributed by atoms with E-state index < -0.39 is 46.6 Å². The van der Waals surface area contributed by atoms with Gasteiger partial charge in [0.05, 0.1) is 5.69 Å². The lowest BCUT2D eigenvalue weighted by molar-refractivity contribution is -0.286. The number of hydrogen-bond donors (Lipinski definition) is 2. The maximum Gasteiger partial charge on any atom is 0.586 e. The van der Waals surface area contributed by atoms with Crippen molar-refractivity contribution < 1.29 is 45.7 Å². The highest BCUT2D eigenvalue weighted by atomic mass is 19.4. The van der Waals surface area contributed by atoms with Crippen molar-refractivity contribution in [1.29, 1.82) is 0 Å². The third-order valence-electron chi connectivity index (χ3n) is 5.56. The summed E-state index contributed by atoms with van der Waals surface area (Å²) in [7, 11) is 0. The van der Waals surface area contributed by atoms with Crippen LogP contribution in [0.4, 0.5) is 32.0 Å². The number of carbonyl (C=O) groups excluding carboxylic acids is 1. The molecule has 0 bridgehead atoms. The molecule has 1 unspecified atom stereocenters. The first kappa shape index (κ1) is 21.0. The number of ether oxygens (including phenoxy) is 2. The molecule has 5 nitrogen and oxygen atoms in total. The number of alkyl halides is 5. The van der Waals surface area contributed by atoms with Crippen LogP contribution in [0, 0.1) is 5.82 Å². The van der Waals surface area contributed by atoms with Crippen molar-refractivity contribution in [2.24, 2.45) is 0 Å². The Bertz CT molecular complexity index is 1310. The molecular weight excluding hydrogens is 456 g/mol. The first-order valence-corrected chi connectivity index (χ1v) is 9.35. The maximum atomic E-state index is 14.2. The number of halogens is 6. The van der Waals surface area contributed by atoms with Crippen LogP contribution >= 0.6 is 0 Å². The highest BCUT2D eigenvalue weighted by Gasteiger charge is 2.54. The SMILES string of the molecule is O=C1Nc2c(ccc(F)c2C(F)(F)F)C1(c1ccc(O)cc1)c1ccc2c(c1)OC(F)(F)O2. The molecule has 0 saturated carbocycles. The summed E-state index contributed by atoms with van der Waals surface area (Å²) >= 11 is 0. The second-order valence-corrected chi connectivity index (χ2v) is 7.42. The van der Waals surface area contributed by atoms with E-state index in [1.807, 2.05) is 0 Å². The summed E-state index contributed by atoms with van der Waals surface area (Å²) in [5.41, 5.74) is -4.65. The average Bonchev–Trinajstić information content (AvgIpc) is 3.18. The predicted octanol–water partition coefficient (Wildman–Crippen LogP) is 5.16. The Balaban J connectivity index is 1.83. The van der Waals surface area contributed by atoms with Crippen LogP contribution in [-0.2, 0) is 16.4 Å². The number of aromatic hydroxyl groups is 1. The number of carbonyl (C=O) groups is 1. The van der Waals surface area contributed by atoms with Gasteiger partial charge in [-0.1, -0.05) is 24.3 Å². The summed E-state index contributed by atoms with van der Waals surface area (Å²) in [5.74, 6) is -3.53. The van der Waals surface area contributed by atoms with Crippen LogP contribution in [0.5, 0.6) is 17.2 Å². The van der Waals surface area contributed by atoms with Crippen LogP contribution in [0.15, 0.2) is 54.6 Å². The van der Waals surface area contributed by atoms with Gasteiger partial charge in [0.2, 0.25) is 5.91 Å². The van der Waals surface area contributed by atoms with Crippen molar-refractivity contribution in [1.82, 2.24) is 0 Å². The number of nitrogens with one attached hydrogen (secondary N) is 1. The molecule has 5 rings (SSSR count). The van der Waals surface area contributed by atoms with E-state index in [9.17, 15) is 36.2 Å². The van der Waals surface area contributed by atoms with E-state index in [2.05, 4.69) is 14.8 Å². The van der Waals surface area contributed by atoms with Gasteiger partial charge in [0.25, 0.3) is 0 Å². The summed E-state index contributed by atoms with van der Waals surface area (Å²) in [6.45, 7) is 0. The molecule has 1 amide bonds. The third kappa shape index (κ3) is 2.99. The van der Waals surface area contributed by atoms with Crippen molar-refractivity contribution in [3.05, 3.63) is 82.7 Å². The van der Waals surface area contributed by atoms with Crippen LogP contribution < -0.4 is 14.8 Å². The van der Waals surface area contributed by atoms with Crippen LogP contribution in [0.25, 0.3) is 0 Å². The van der Waals surface area contributed by atoms with Crippen LogP contribution in [0.1, 0.15) is 22.3 Å². The van der Waals surface area contributed by atoms with Gasteiger partial charge in [0.1, 0.15) is 22.5 Å². The Morgan fingerprint density at radius 2 is 1.52 bits per heavy atom. The zero-order chi connectivity index (χ0) is 23.8. The number of amides is 1. The summed E-state index contributed by atoms with van der Waals surface area (Å²) < 4.78 is 91.1. The molecule has 0 spiro atoms. The number of phenols is 1. The molecule has 0 aromatic heterocycles. The number of hydrogen-bond acceptors (Lipinski definition) is 4. The van der Waals surface area contributed by atoms with E-state index in [0.717, 1.165) is 18.2 Å². The van der Waals surface area contributed by atoms with Crippen molar-refractivity contribution in [2.45, 2.75) is 17.9 Å². The van der Waals surface area contributed by atoms with Crippen molar-refractivity contribution in [2.75, 3.05) is 5.32 Å². The van der Waals surface area contributed by atoms with Gasteiger partial charge < -0.3 is 19.9 Å². The minimum absolute atomic E-state index is 0.0378. The van der Waals surface area contributed by atoms with Crippen molar-refractivity contribution in [3.63, 3.8) is 0 Å². The number of rotatable bonds is 2. The summed E-state index contributed by atoms with van der Waals surface area (Å²) in [5, 5.41) is 11.8. The fourth-order valence-corrected chi connectivity index (χ4v) is 4.26. The zero-order valence-electron chi connectivity index (χ0n) is 16.1. The first-order valence-electron chi connectivity index (χ1n) is 9.35. The number of fused-ring (bicyclic) bond motifs is 2. The Morgan fingerprint density at radius 3 is 2.18 bits per heavy atom. The highest BCUT2D eigenvalue weighted by Crippen LogP contribution is 2.54. The Morgan fingerprint density at radius 1 is 0.879 bits per heavy atom. The average molecular weight is 467 g/mol. The first-order chi connectivity index (χ1) is 15.4. The maximum absolute atomic E-state index is 14.2. The van der Waals surface area contributed by atoms with Gasteiger partial charge in [-0.15, -0.1) is 8.78 Å². The zero-order valence-corrected chi connectivity index (χ0v) is 16.1. The molecule has 0 radical (unpaired) electrons. The molecule has 0 fully saturated rings. The highest BCUT2D eigenvalue weighted by molar-refractivity contribution is 6.12. The second kappa shape index (κ2) is 6.56. The van der Waals surface area contributed by atoms with E-state index in [1.54, 1.807) is 0 Å². The fourth-order valence-electron chi connectivity index (χ4n) is 4.26. The Kier molecular flexibility index (Phi) is 4.17. The molecule has 0 saturated heterocycles. The van der Waals surface area contributed by atoms with Gasteiger partial charge in [-0.25, -0.2) is 4.39 Å². The standard InChI is InChI=1S/C22H11F6NO4/c23-14-7-6-13-18(17(14)21(24,25)26)29-19(31)20(13,10-1-4-12(30)5-2-10)11-3-8-15-16(9-11)33-22(27,28)32-15/h1-9,30H,(H,29,31). The molecule has 2 aliphatic rings. The summed E-state index contributed by atoms with van der Waals surface area (Å²) in [4.78, 5) is 13.4. The lowest BCUT2D eigenvalue weighted by Crippen LogP contribution is -2.37. The molecule has 2 aliphatic heterocycles. The molecule has 2 N–H and O–H groups in total. The molecule has 3 aromatic carbocycles. The number of phenolic OH excluding ortho intramolecular Hbond substituents is 1. The minimum Gasteiger partial charge on any atom is -0.508 e. The summed E-state index contributed by atoms with van der Waals surface area (Å²) in [6, 6.07) is 9.96. The Hall–Kier alpha value is -3.89. The number of benzene rings is 3. The quantitative estimate of drug-likeness (QED) is 0.512. The largest absolute Gasteiger partial charge is 0.586 e. The monoisotopic (exact) mass is 467 g/mol. The topological polar surface area (TPSA) is 67.8 Å². The molecular formula is C22H11F6NO4. The molecule has 170 valence electrons. The van der Waals surface area contributed by atoms with E-state index in [-0.39, 0.29) is 28.2 Å². The molecule has 1 atom stereocenters. The van der Waals surface area contributed by atoms with Gasteiger partial charge in [0.15, 0.2) is 11.5 Å². The third-order valence-corrected chi connectivity index (χ3v) is 5.56. The predicted molar refractivity (Wildman–Crippen MR) is 101 cm³/mol. The molecule has 0 aliphatic carbocycles. The van der Waals surface area contributed by atoms with Gasteiger partial charge in [-0.05, 0) is 41.5 Å². The van der Waals surface area contributed by atoms with E-state index in [0.29, 0.717) is 6.07 Å². The van der Waals surface area contributed by atoms with Crippen molar-refractivity contribution in [3.8, 4) is 17.2 Å². The van der Waals surface area contributed by atoms with E-state index in [1.165, 1.54) is 30.3 Å². The lowest BCUT2D eigenvalue weighted by Gasteiger charge is -2.29. The van der Waals surface area contributed by atoms with Gasteiger partial charge in [-0.3, -0.25) is 4.79 Å². The minimum atomic E-state index is -5.13. The van der Waals surface area contributed by atoms with Gasteiger partial charge in [-0.2, -0.15) is 13.2 Å². The molecule has 33 heavy (non-hydrogen) atoms. The van der Waals surface area contributed by atoms with E-state index >= 15 is 0 Å². The molecule has 3 aromatic rings. The fraction of sp³-hybridized carbons (Fsp3) is 0.136. The molecule has 11 heteroatoms. The number of anilines is 1. The molecule has 2 heterocycles. The second-order valence-electron chi connectivity index (χ2n) is 7.42. The van der Waals surface area contributed by atoms with Crippen LogP contribution in [-0.4, -0.2) is 17.3 Å². The van der Waals surface area contributed by atoms with Crippen LogP contribution in [0.3, 0.4) is 0 Å². The normalized spacial score (nSPS) is 20.5. The van der Waals surface area contributed by atoms with Gasteiger partial charge >= 0.3 is 12.5 Å². The lowest BCUT2D eigenvalue weighted by atomic mass is 9.70. The van der Waals surface area contributed by atoms with E-state index in [4.69, 9.17) is 0 Å².